The molecular formula is C17H25FN2O2. The van der Waals surface area contributed by atoms with Crippen LogP contribution in [-0.4, -0.2) is 25.3 Å². The van der Waals surface area contributed by atoms with Crippen LogP contribution in [0.3, 0.4) is 0 Å². The number of nitrogens with one attached hydrogen (secondary N) is 2. The topological polar surface area (TPSA) is 50.4 Å². The Balaban J connectivity index is 1.60. The van der Waals surface area contributed by atoms with Gasteiger partial charge >= 0.3 is 6.03 Å². The molecule has 0 aromatic heterocycles. The van der Waals surface area contributed by atoms with Gasteiger partial charge in [-0.2, -0.15) is 0 Å². The summed E-state index contributed by atoms with van der Waals surface area (Å²) in [4.78, 5) is 11.7. The monoisotopic (exact) mass is 308 g/mol. The fourth-order valence-corrected chi connectivity index (χ4v) is 2.66. The highest BCUT2D eigenvalue weighted by molar-refractivity contribution is 5.89. The molecule has 2 N–H and O–H groups in total. The first-order chi connectivity index (χ1) is 10.6. The number of ether oxygens (including phenoxy) is 1. The Morgan fingerprint density at radius 2 is 2.09 bits per heavy atom. The quantitative estimate of drug-likeness (QED) is 0.781. The molecule has 1 aliphatic carbocycles. The van der Waals surface area contributed by atoms with Crippen molar-refractivity contribution in [1.29, 1.82) is 0 Å². The second kappa shape index (κ2) is 8.73. The number of aryl methyl sites for hydroxylation is 1. The van der Waals surface area contributed by atoms with Gasteiger partial charge in [-0.1, -0.05) is 25.3 Å². The molecule has 122 valence electrons. The first-order valence-electron chi connectivity index (χ1n) is 8.08. The SMILES string of the molecule is Cc1ccc(F)c(NC(=O)NCCCOC2CCCCC2)c1. The predicted molar refractivity (Wildman–Crippen MR) is 85.6 cm³/mol. The van der Waals surface area contributed by atoms with Crippen molar-refractivity contribution in [3.8, 4) is 0 Å². The Morgan fingerprint density at radius 1 is 1.32 bits per heavy atom. The summed E-state index contributed by atoms with van der Waals surface area (Å²) in [7, 11) is 0. The van der Waals surface area contributed by atoms with Crippen molar-refractivity contribution >= 4 is 11.7 Å². The van der Waals surface area contributed by atoms with E-state index in [0.29, 0.717) is 19.3 Å². The number of rotatable bonds is 6. The maximum Gasteiger partial charge on any atom is 0.319 e. The Labute approximate surface area is 131 Å². The van der Waals surface area contributed by atoms with Crippen LogP contribution in [0, 0.1) is 12.7 Å². The molecule has 1 aliphatic rings. The number of benzene rings is 1. The molecule has 0 aliphatic heterocycles. The summed E-state index contributed by atoms with van der Waals surface area (Å²) >= 11 is 0. The van der Waals surface area contributed by atoms with Crippen molar-refractivity contribution in [2.45, 2.75) is 51.6 Å². The van der Waals surface area contributed by atoms with E-state index < -0.39 is 5.82 Å². The third-order valence-electron chi connectivity index (χ3n) is 3.88. The molecule has 2 amide bonds. The second-order valence-corrected chi connectivity index (χ2v) is 5.85. The number of anilines is 1. The van der Waals surface area contributed by atoms with Gasteiger partial charge in [0.2, 0.25) is 0 Å². The van der Waals surface area contributed by atoms with E-state index in [-0.39, 0.29) is 11.7 Å². The molecule has 0 atom stereocenters. The molecule has 1 fully saturated rings. The number of amides is 2. The smallest absolute Gasteiger partial charge is 0.319 e. The largest absolute Gasteiger partial charge is 0.378 e. The standard InChI is InChI=1S/C17H25FN2O2/c1-13-8-9-15(18)16(12-13)20-17(21)19-10-5-11-22-14-6-3-2-4-7-14/h8-9,12,14H,2-7,10-11H2,1H3,(H2,19,20,21). The summed E-state index contributed by atoms with van der Waals surface area (Å²) in [6.07, 6.45) is 7.29. The van der Waals surface area contributed by atoms with E-state index in [9.17, 15) is 9.18 Å². The maximum absolute atomic E-state index is 13.5. The van der Waals surface area contributed by atoms with Gasteiger partial charge in [-0.25, -0.2) is 9.18 Å². The molecule has 5 heteroatoms. The number of carbonyl (C=O) groups excluding carboxylic acids is 1. The molecular weight excluding hydrogens is 283 g/mol. The van der Waals surface area contributed by atoms with Gasteiger partial charge in [-0.3, -0.25) is 0 Å². The van der Waals surface area contributed by atoms with Gasteiger partial charge in [-0.05, 0) is 43.9 Å². The van der Waals surface area contributed by atoms with Crippen LogP contribution in [0.2, 0.25) is 0 Å². The van der Waals surface area contributed by atoms with Crippen LogP contribution >= 0.6 is 0 Å². The Kier molecular flexibility index (Phi) is 6.65. The van der Waals surface area contributed by atoms with Crippen molar-refractivity contribution in [3.63, 3.8) is 0 Å². The van der Waals surface area contributed by atoms with Crippen LogP contribution in [0.5, 0.6) is 0 Å². The van der Waals surface area contributed by atoms with Gasteiger partial charge in [-0.15, -0.1) is 0 Å². The van der Waals surface area contributed by atoms with E-state index in [4.69, 9.17) is 4.74 Å². The molecule has 22 heavy (non-hydrogen) atoms. The minimum Gasteiger partial charge on any atom is -0.378 e. The molecule has 0 spiro atoms. The summed E-state index contributed by atoms with van der Waals surface area (Å²) in [5, 5.41) is 5.24. The summed E-state index contributed by atoms with van der Waals surface area (Å²) in [6.45, 7) is 3.03. The van der Waals surface area contributed by atoms with Crippen molar-refractivity contribution < 1.29 is 13.9 Å². The second-order valence-electron chi connectivity index (χ2n) is 5.85. The zero-order chi connectivity index (χ0) is 15.8. The van der Waals surface area contributed by atoms with Crippen LogP contribution in [-0.2, 0) is 4.74 Å². The van der Waals surface area contributed by atoms with E-state index in [1.807, 2.05) is 6.92 Å². The zero-order valence-corrected chi connectivity index (χ0v) is 13.2. The lowest BCUT2D eigenvalue weighted by Gasteiger charge is -2.21. The Morgan fingerprint density at radius 3 is 2.86 bits per heavy atom. The van der Waals surface area contributed by atoms with E-state index in [0.717, 1.165) is 24.8 Å². The van der Waals surface area contributed by atoms with Crippen molar-refractivity contribution in [1.82, 2.24) is 5.32 Å². The van der Waals surface area contributed by atoms with E-state index in [1.54, 1.807) is 12.1 Å². The molecule has 2 rings (SSSR count). The number of hydrogen-bond acceptors (Lipinski definition) is 2. The highest BCUT2D eigenvalue weighted by Gasteiger charge is 2.13. The minimum absolute atomic E-state index is 0.205. The number of hydrogen-bond donors (Lipinski definition) is 2. The fraction of sp³-hybridized carbons (Fsp3) is 0.588. The van der Waals surface area contributed by atoms with Gasteiger partial charge in [0.25, 0.3) is 0 Å². The molecule has 0 unspecified atom stereocenters. The lowest BCUT2D eigenvalue weighted by atomic mass is 9.98. The van der Waals surface area contributed by atoms with Crippen LogP contribution < -0.4 is 10.6 Å². The van der Waals surface area contributed by atoms with Crippen molar-refractivity contribution in [2.75, 3.05) is 18.5 Å². The highest BCUT2D eigenvalue weighted by atomic mass is 19.1. The third kappa shape index (κ3) is 5.64. The maximum atomic E-state index is 13.5. The third-order valence-corrected chi connectivity index (χ3v) is 3.88. The number of carbonyl (C=O) groups is 1. The molecule has 1 aromatic rings. The summed E-state index contributed by atoms with van der Waals surface area (Å²) in [5.74, 6) is -0.429. The predicted octanol–water partition coefficient (Wildman–Crippen LogP) is 4.00. The zero-order valence-electron chi connectivity index (χ0n) is 13.2. The Hall–Kier alpha value is -1.62. The average Bonchev–Trinajstić information content (AvgIpc) is 2.51. The van der Waals surface area contributed by atoms with Gasteiger partial charge in [0.1, 0.15) is 5.82 Å². The summed E-state index contributed by atoms with van der Waals surface area (Å²) in [5.41, 5.74) is 1.11. The van der Waals surface area contributed by atoms with E-state index in [1.165, 1.54) is 25.3 Å². The van der Waals surface area contributed by atoms with Crippen LogP contribution in [0.25, 0.3) is 0 Å². The molecule has 1 saturated carbocycles. The Bertz CT molecular complexity index is 488. The molecule has 1 aromatic carbocycles. The number of urea groups is 1. The lowest BCUT2D eigenvalue weighted by Crippen LogP contribution is -2.30. The lowest BCUT2D eigenvalue weighted by molar-refractivity contribution is 0.0276. The van der Waals surface area contributed by atoms with Crippen molar-refractivity contribution in [2.24, 2.45) is 0 Å². The first-order valence-corrected chi connectivity index (χ1v) is 8.08. The minimum atomic E-state index is -0.429. The van der Waals surface area contributed by atoms with Gasteiger partial charge in [0, 0.05) is 13.2 Å². The van der Waals surface area contributed by atoms with E-state index in [2.05, 4.69) is 10.6 Å². The van der Waals surface area contributed by atoms with Crippen LogP contribution in [0.15, 0.2) is 18.2 Å². The van der Waals surface area contributed by atoms with E-state index >= 15 is 0 Å². The van der Waals surface area contributed by atoms with Crippen LogP contribution in [0.1, 0.15) is 44.1 Å². The molecule has 0 saturated heterocycles. The molecule has 0 radical (unpaired) electrons. The molecule has 0 heterocycles. The van der Waals surface area contributed by atoms with Gasteiger partial charge < -0.3 is 15.4 Å². The normalized spacial score (nSPS) is 15.5. The number of halogens is 1. The van der Waals surface area contributed by atoms with Gasteiger partial charge in [0.05, 0.1) is 11.8 Å². The van der Waals surface area contributed by atoms with Gasteiger partial charge in [0.15, 0.2) is 0 Å². The summed E-state index contributed by atoms with van der Waals surface area (Å²) < 4.78 is 19.3. The van der Waals surface area contributed by atoms with Crippen LogP contribution in [0.4, 0.5) is 14.9 Å². The van der Waals surface area contributed by atoms with Crippen molar-refractivity contribution in [3.05, 3.63) is 29.6 Å². The first kappa shape index (κ1) is 16.7. The highest BCUT2D eigenvalue weighted by Crippen LogP contribution is 2.20. The fourth-order valence-electron chi connectivity index (χ4n) is 2.66. The average molecular weight is 308 g/mol. The molecule has 0 bridgehead atoms. The summed E-state index contributed by atoms with van der Waals surface area (Å²) in [6, 6.07) is 4.24. The molecule has 4 nitrogen and oxygen atoms in total.